The molecule has 1 unspecified atom stereocenters. The second-order valence-corrected chi connectivity index (χ2v) is 5.23. The fraction of sp³-hybridized carbons (Fsp3) is 0.533. The number of methoxy groups -OCH3 is 1. The smallest absolute Gasteiger partial charge is 0.313 e. The lowest BCUT2D eigenvalue weighted by molar-refractivity contribution is -0.161. The number of aryl methyl sites for hydroxylation is 1. The molecule has 2 rings (SSSR count). The van der Waals surface area contributed by atoms with Crippen LogP contribution in [0.4, 0.5) is 4.39 Å². The molecule has 0 amide bonds. The van der Waals surface area contributed by atoms with Crippen LogP contribution in [-0.4, -0.2) is 20.1 Å². The first-order chi connectivity index (χ1) is 9.05. The van der Waals surface area contributed by atoms with Crippen molar-refractivity contribution in [2.24, 2.45) is 5.41 Å². The zero-order valence-electron chi connectivity index (χ0n) is 11.6. The third-order valence-electron chi connectivity index (χ3n) is 4.19. The van der Waals surface area contributed by atoms with Crippen molar-refractivity contribution in [1.82, 2.24) is 5.32 Å². The number of ether oxygens (including phenoxy) is 1. The Kier molecular flexibility index (Phi) is 3.90. The molecular formula is C15H20FNO2. The number of halogens is 1. The minimum absolute atomic E-state index is 0.131. The van der Waals surface area contributed by atoms with Gasteiger partial charge in [-0.05, 0) is 44.0 Å². The lowest BCUT2D eigenvalue weighted by Crippen LogP contribution is -2.48. The van der Waals surface area contributed by atoms with E-state index in [-0.39, 0.29) is 17.8 Å². The molecule has 1 N–H and O–H groups in total. The number of benzene rings is 1. The van der Waals surface area contributed by atoms with Crippen LogP contribution in [0.25, 0.3) is 0 Å². The monoisotopic (exact) mass is 265 g/mol. The maximum atomic E-state index is 13.4. The van der Waals surface area contributed by atoms with Gasteiger partial charge in [0.25, 0.3) is 0 Å². The van der Waals surface area contributed by atoms with Gasteiger partial charge in [0.1, 0.15) is 5.82 Å². The topological polar surface area (TPSA) is 38.3 Å². The van der Waals surface area contributed by atoms with Gasteiger partial charge in [0.05, 0.1) is 12.5 Å². The minimum atomic E-state index is -0.506. The maximum Gasteiger partial charge on any atom is 0.313 e. The summed E-state index contributed by atoms with van der Waals surface area (Å²) in [6.45, 7) is 1.73. The summed E-state index contributed by atoms with van der Waals surface area (Å²) in [5.74, 6) is -0.403. The van der Waals surface area contributed by atoms with Crippen LogP contribution in [0.2, 0.25) is 0 Å². The Bertz CT molecular complexity index is 483. The van der Waals surface area contributed by atoms with Crippen molar-refractivity contribution in [3.8, 4) is 0 Å². The predicted molar refractivity (Wildman–Crippen MR) is 71.2 cm³/mol. The van der Waals surface area contributed by atoms with E-state index in [1.807, 2.05) is 7.05 Å². The molecule has 0 bridgehead atoms. The fourth-order valence-corrected chi connectivity index (χ4v) is 2.98. The number of esters is 1. The highest BCUT2D eigenvalue weighted by atomic mass is 19.1. The van der Waals surface area contributed by atoms with Gasteiger partial charge in [-0.3, -0.25) is 4.79 Å². The molecule has 0 saturated heterocycles. The summed E-state index contributed by atoms with van der Waals surface area (Å²) < 4.78 is 18.3. The number of hydrogen-bond donors (Lipinski definition) is 1. The average Bonchev–Trinajstić information content (AvgIpc) is 2.36. The SMILES string of the molecule is CNC(c1ccc(F)c(C)c1)C1(C(=O)OC)CCC1. The van der Waals surface area contributed by atoms with Crippen molar-refractivity contribution in [1.29, 1.82) is 0 Å². The van der Waals surface area contributed by atoms with Gasteiger partial charge in [0.2, 0.25) is 0 Å². The van der Waals surface area contributed by atoms with Crippen LogP contribution in [0.15, 0.2) is 18.2 Å². The zero-order valence-corrected chi connectivity index (χ0v) is 11.6. The van der Waals surface area contributed by atoms with Crippen molar-refractivity contribution in [2.75, 3.05) is 14.2 Å². The molecule has 19 heavy (non-hydrogen) atoms. The van der Waals surface area contributed by atoms with Gasteiger partial charge in [0.15, 0.2) is 0 Å². The van der Waals surface area contributed by atoms with E-state index in [1.165, 1.54) is 13.2 Å². The first kappa shape index (κ1) is 14.0. The normalized spacial score (nSPS) is 18.5. The number of carbonyl (C=O) groups excluding carboxylic acids is 1. The molecule has 0 heterocycles. The standard InChI is InChI=1S/C15H20FNO2/c1-10-9-11(5-6-12(10)16)13(17-2)15(7-4-8-15)14(18)19-3/h5-6,9,13,17H,4,7-8H2,1-3H3. The van der Waals surface area contributed by atoms with E-state index in [0.717, 1.165) is 24.8 Å². The van der Waals surface area contributed by atoms with E-state index in [9.17, 15) is 9.18 Å². The van der Waals surface area contributed by atoms with Gasteiger partial charge < -0.3 is 10.1 Å². The van der Waals surface area contributed by atoms with Gasteiger partial charge in [-0.1, -0.05) is 18.6 Å². The highest BCUT2D eigenvalue weighted by Crippen LogP contribution is 2.51. The predicted octanol–water partition coefficient (Wildman–Crippen LogP) is 2.74. The van der Waals surface area contributed by atoms with Crippen molar-refractivity contribution in [3.05, 3.63) is 35.1 Å². The summed E-state index contributed by atoms with van der Waals surface area (Å²) in [6.07, 6.45) is 2.64. The molecule has 0 aliphatic heterocycles. The quantitative estimate of drug-likeness (QED) is 0.851. The summed E-state index contributed by atoms with van der Waals surface area (Å²) >= 11 is 0. The third-order valence-corrected chi connectivity index (χ3v) is 4.19. The Hall–Kier alpha value is -1.42. The zero-order chi connectivity index (χ0) is 14.0. The largest absolute Gasteiger partial charge is 0.469 e. The number of nitrogens with one attached hydrogen (secondary N) is 1. The van der Waals surface area contributed by atoms with Crippen LogP contribution in [-0.2, 0) is 9.53 Å². The highest BCUT2D eigenvalue weighted by Gasteiger charge is 2.51. The van der Waals surface area contributed by atoms with Crippen molar-refractivity contribution < 1.29 is 13.9 Å². The molecule has 1 aromatic rings. The molecule has 1 atom stereocenters. The van der Waals surface area contributed by atoms with E-state index < -0.39 is 5.41 Å². The Morgan fingerprint density at radius 3 is 2.58 bits per heavy atom. The lowest BCUT2D eigenvalue weighted by Gasteiger charge is -2.45. The summed E-state index contributed by atoms with van der Waals surface area (Å²) in [5.41, 5.74) is 1.02. The van der Waals surface area contributed by atoms with Crippen LogP contribution in [0.5, 0.6) is 0 Å². The molecule has 0 spiro atoms. The van der Waals surface area contributed by atoms with Gasteiger partial charge in [-0.25, -0.2) is 4.39 Å². The Morgan fingerprint density at radius 1 is 1.47 bits per heavy atom. The molecule has 1 fully saturated rings. The average molecular weight is 265 g/mol. The van der Waals surface area contributed by atoms with E-state index in [4.69, 9.17) is 4.74 Å². The molecule has 4 heteroatoms. The molecule has 0 aromatic heterocycles. The Morgan fingerprint density at radius 2 is 2.16 bits per heavy atom. The van der Waals surface area contributed by atoms with Gasteiger partial charge in [-0.15, -0.1) is 0 Å². The minimum Gasteiger partial charge on any atom is -0.469 e. The van der Waals surface area contributed by atoms with E-state index in [0.29, 0.717) is 5.56 Å². The van der Waals surface area contributed by atoms with Crippen molar-refractivity contribution >= 4 is 5.97 Å². The van der Waals surface area contributed by atoms with Crippen LogP contribution in [0.1, 0.15) is 36.4 Å². The first-order valence-corrected chi connectivity index (χ1v) is 6.57. The second-order valence-electron chi connectivity index (χ2n) is 5.23. The summed E-state index contributed by atoms with van der Waals surface area (Å²) in [4.78, 5) is 12.1. The molecule has 1 saturated carbocycles. The van der Waals surface area contributed by atoms with E-state index in [2.05, 4.69) is 5.32 Å². The highest BCUT2D eigenvalue weighted by molar-refractivity contribution is 5.79. The van der Waals surface area contributed by atoms with Crippen molar-refractivity contribution in [3.63, 3.8) is 0 Å². The summed E-state index contributed by atoms with van der Waals surface area (Å²) in [5, 5.41) is 3.20. The lowest BCUT2D eigenvalue weighted by atomic mass is 9.62. The van der Waals surface area contributed by atoms with Crippen molar-refractivity contribution in [2.45, 2.75) is 32.2 Å². The van der Waals surface area contributed by atoms with E-state index >= 15 is 0 Å². The molecule has 0 radical (unpaired) electrons. The molecule has 104 valence electrons. The molecular weight excluding hydrogens is 245 g/mol. The molecule has 1 aliphatic rings. The van der Waals surface area contributed by atoms with E-state index in [1.54, 1.807) is 19.1 Å². The fourth-order valence-electron chi connectivity index (χ4n) is 2.98. The maximum absolute atomic E-state index is 13.4. The Balaban J connectivity index is 2.38. The van der Waals surface area contributed by atoms with Gasteiger partial charge in [-0.2, -0.15) is 0 Å². The van der Waals surface area contributed by atoms with Crippen LogP contribution < -0.4 is 5.32 Å². The van der Waals surface area contributed by atoms with Crippen LogP contribution in [0.3, 0.4) is 0 Å². The van der Waals surface area contributed by atoms with Gasteiger partial charge >= 0.3 is 5.97 Å². The summed E-state index contributed by atoms with van der Waals surface area (Å²) in [6, 6.07) is 4.87. The number of carbonyl (C=O) groups is 1. The van der Waals surface area contributed by atoms with Crippen LogP contribution in [0, 0.1) is 18.2 Å². The molecule has 1 aromatic carbocycles. The first-order valence-electron chi connectivity index (χ1n) is 6.57. The second kappa shape index (κ2) is 5.29. The van der Waals surface area contributed by atoms with Gasteiger partial charge in [0, 0.05) is 6.04 Å². The summed E-state index contributed by atoms with van der Waals surface area (Å²) in [7, 11) is 3.25. The number of hydrogen-bond acceptors (Lipinski definition) is 3. The van der Waals surface area contributed by atoms with Crippen LogP contribution >= 0.6 is 0 Å². The third kappa shape index (κ3) is 2.25. The Labute approximate surface area is 113 Å². The molecule has 1 aliphatic carbocycles. The molecule has 3 nitrogen and oxygen atoms in total. The number of rotatable bonds is 4.